The molecule has 0 aliphatic rings. The highest BCUT2D eigenvalue weighted by Gasteiger charge is 2.12. The van der Waals surface area contributed by atoms with E-state index in [4.69, 9.17) is 16.3 Å². The van der Waals surface area contributed by atoms with Crippen molar-refractivity contribution in [2.24, 2.45) is 0 Å². The lowest BCUT2D eigenvalue weighted by atomic mass is 10.2. The maximum atomic E-state index is 13.5. The van der Waals surface area contributed by atoms with Gasteiger partial charge in [0.25, 0.3) is 5.56 Å². The van der Waals surface area contributed by atoms with E-state index in [9.17, 15) is 13.6 Å². The summed E-state index contributed by atoms with van der Waals surface area (Å²) in [5.74, 6) is -1.53. The minimum atomic E-state index is -0.735. The molecule has 7 heteroatoms. The van der Waals surface area contributed by atoms with Gasteiger partial charge in [0, 0.05) is 11.6 Å². The maximum Gasteiger partial charge on any atom is 0.297 e. The fourth-order valence-electron chi connectivity index (χ4n) is 1.57. The van der Waals surface area contributed by atoms with Crippen LogP contribution in [0, 0.1) is 11.6 Å². The van der Waals surface area contributed by atoms with E-state index in [2.05, 4.69) is 4.98 Å². The van der Waals surface area contributed by atoms with Crippen molar-refractivity contribution in [2.45, 2.75) is 6.54 Å². The van der Waals surface area contributed by atoms with Crippen LogP contribution in [-0.2, 0) is 6.54 Å². The lowest BCUT2D eigenvalue weighted by molar-refractivity contribution is 0.400. The topological polar surface area (TPSA) is 44.1 Å². The fraction of sp³-hybridized carbons (Fsp3) is 0.167. The van der Waals surface area contributed by atoms with Crippen molar-refractivity contribution in [3.63, 3.8) is 0 Å². The summed E-state index contributed by atoms with van der Waals surface area (Å²) >= 11 is 5.68. The largest absolute Gasteiger partial charge is 0.489 e. The van der Waals surface area contributed by atoms with E-state index < -0.39 is 17.2 Å². The summed E-state index contributed by atoms with van der Waals surface area (Å²) in [6.45, 7) is -0.0918. The molecule has 0 fully saturated rings. The predicted molar refractivity (Wildman–Crippen MR) is 65.5 cm³/mol. The smallest absolute Gasteiger partial charge is 0.297 e. The highest BCUT2D eigenvalue weighted by molar-refractivity contribution is 6.30. The van der Waals surface area contributed by atoms with Gasteiger partial charge < -0.3 is 4.74 Å². The molecule has 1 aromatic heterocycles. The van der Waals surface area contributed by atoms with Gasteiger partial charge in [-0.1, -0.05) is 17.7 Å². The first-order valence-electron chi connectivity index (χ1n) is 5.25. The quantitative estimate of drug-likeness (QED) is 0.813. The van der Waals surface area contributed by atoms with Crippen molar-refractivity contribution in [3.05, 3.63) is 57.2 Å². The summed E-state index contributed by atoms with van der Waals surface area (Å²) in [5, 5.41) is -0.0664. The molecule has 2 aromatic rings. The third kappa shape index (κ3) is 2.73. The molecule has 0 unspecified atom stereocenters. The molecular weight excluding hydrogens is 278 g/mol. The third-order valence-electron chi connectivity index (χ3n) is 2.51. The molecule has 0 aliphatic carbocycles. The Morgan fingerprint density at radius 3 is 2.79 bits per heavy atom. The molecule has 1 heterocycles. The number of hydrogen-bond acceptors (Lipinski definition) is 3. The average Bonchev–Trinajstić information content (AvgIpc) is 2.36. The van der Waals surface area contributed by atoms with Crippen LogP contribution in [0.2, 0.25) is 5.15 Å². The summed E-state index contributed by atoms with van der Waals surface area (Å²) in [7, 11) is 1.28. The molecule has 100 valence electrons. The average molecular weight is 287 g/mol. The molecular formula is C12H9ClF2N2O2. The fourth-order valence-corrected chi connectivity index (χ4v) is 1.77. The normalized spacial score (nSPS) is 10.5. The van der Waals surface area contributed by atoms with Gasteiger partial charge in [0.15, 0.2) is 5.15 Å². The van der Waals surface area contributed by atoms with E-state index in [1.54, 1.807) is 0 Å². The zero-order chi connectivity index (χ0) is 14.0. The minimum absolute atomic E-state index is 0.0664. The van der Waals surface area contributed by atoms with Gasteiger partial charge in [0.2, 0.25) is 5.75 Å². The van der Waals surface area contributed by atoms with Crippen LogP contribution in [0.1, 0.15) is 5.56 Å². The van der Waals surface area contributed by atoms with Gasteiger partial charge in [-0.2, -0.15) is 0 Å². The Bertz CT molecular complexity index is 673. The van der Waals surface area contributed by atoms with Crippen LogP contribution in [0.3, 0.4) is 0 Å². The molecule has 2 rings (SSSR count). The summed E-state index contributed by atoms with van der Waals surface area (Å²) < 4.78 is 32.2. The Morgan fingerprint density at radius 2 is 2.16 bits per heavy atom. The van der Waals surface area contributed by atoms with Crippen LogP contribution in [0.15, 0.2) is 29.3 Å². The second-order valence-electron chi connectivity index (χ2n) is 3.74. The number of aromatic nitrogens is 2. The predicted octanol–water partition coefficient (Wildman–Crippen LogP) is 2.23. The van der Waals surface area contributed by atoms with Crippen molar-refractivity contribution in [1.82, 2.24) is 9.55 Å². The van der Waals surface area contributed by atoms with Gasteiger partial charge in [-0.3, -0.25) is 9.36 Å². The van der Waals surface area contributed by atoms with Gasteiger partial charge in [0.1, 0.15) is 11.6 Å². The highest BCUT2D eigenvalue weighted by atomic mass is 35.5. The third-order valence-corrected chi connectivity index (χ3v) is 2.78. The summed E-state index contributed by atoms with van der Waals surface area (Å²) in [6.07, 6.45) is 1.18. The minimum Gasteiger partial charge on any atom is -0.489 e. The molecule has 0 saturated carbocycles. The van der Waals surface area contributed by atoms with E-state index in [1.165, 1.54) is 19.5 Å². The number of rotatable bonds is 3. The number of benzene rings is 1. The second-order valence-corrected chi connectivity index (χ2v) is 4.10. The van der Waals surface area contributed by atoms with Gasteiger partial charge in [-0.05, 0) is 6.07 Å². The zero-order valence-electron chi connectivity index (χ0n) is 9.86. The molecule has 0 atom stereocenters. The number of ether oxygens (including phenoxy) is 1. The van der Waals surface area contributed by atoms with Gasteiger partial charge in [-0.25, -0.2) is 13.8 Å². The van der Waals surface area contributed by atoms with E-state index in [1.807, 2.05) is 0 Å². The molecule has 1 aromatic carbocycles. The van der Waals surface area contributed by atoms with Crippen LogP contribution < -0.4 is 10.3 Å². The first kappa shape index (κ1) is 13.5. The molecule has 0 bridgehead atoms. The lowest BCUT2D eigenvalue weighted by Gasteiger charge is -2.09. The van der Waals surface area contributed by atoms with Gasteiger partial charge in [0.05, 0.1) is 20.0 Å². The van der Waals surface area contributed by atoms with Crippen LogP contribution >= 0.6 is 11.6 Å². The Hall–Kier alpha value is -1.95. The SMILES string of the molecule is COc1c(Cl)ncn(Cc2ccc(F)cc2F)c1=O. The van der Waals surface area contributed by atoms with Crippen LogP contribution in [-0.4, -0.2) is 16.7 Å². The monoisotopic (exact) mass is 286 g/mol. The second kappa shape index (κ2) is 5.36. The van der Waals surface area contributed by atoms with E-state index in [0.29, 0.717) is 0 Å². The Balaban J connectivity index is 2.42. The standard InChI is InChI=1S/C12H9ClF2N2O2/c1-19-10-11(13)16-6-17(12(10)18)5-7-2-3-8(14)4-9(7)15/h2-4,6H,5H2,1H3. The number of nitrogens with zero attached hydrogens (tertiary/aromatic N) is 2. The first-order valence-corrected chi connectivity index (χ1v) is 5.63. The van der Waals surface area contributed by atoms with Crippen LogP contribution in [0.4, 0.5) is 8.78 Å². The van der Waals surface area contributed by atoms with Crippen molar-refractivity contribution in [3.8, 4) is 5.75 Å². The zero-order valence-corrected chi connectivity index (χ0v) is 10.6. The first-order chi connectivity index (χ1) is 9.02. The summed E-state index contributed by atoms with van der Waals surface area (Å²) in [4.78, 5) is 15.7. The molecule has 0 aliphatic heterocycles. The van der Waals surface area contributed by atoms with Crippen molar-refractivity contribution in [1.29, 1.82) is 0 Å². The van der Waals surface area contributed by atoms with Crippen LogP contribution in [0.25, 0.3) is 0 Å². The van der Waals surface area contributed by atoms with Crippen molar-refractivity contribution < 1.29 is 13.5 Å². The van der Waals surface area contributed by atoms with Gasteiger partial charge >= 0.3 is 0 Å². The van der Waals surface area contributed by atoms with Gasteiger partial charge in [-0.15, -0.1) is 0 Å². The summed E-state index contributed by atoms with van der Waals surface area (Å²) in [5.41, 5.74) is -0.374. The maximum absolute atomic E-state index is 13.5. The molecule has 0 spiro atoms. The highest BCUT2D eigenvalue weighted by Crippen LogP contribution is 2.16. The lowest BCUT2D eigenvalue weighted by Crippen LogP contribution is -2.23. The summed E-state index contributed by atoms with van der Waals surface area (Å²) in [6, 6.07) is 3.13. The van der Waals surface area contributed by atoms with Crippen molar-refractivity contribution >= 4 is 11.6 Å². The number of methoxy groups -OCH3 is 1. The Kier molecular flexibility index (Phi) is 3.80. The van der Waals surface area contributed by atoms with E-state index in [-0.39, 0.29) is 23.0 Å². The van der Waals surface area contributed by atoms with E-state index in [0.717, 1.165) is 16.7 Å². The molecule has 19 heavy (non-hydrogen) atoms. The molecule has 0 N–H and O–H groups in total. The van der Waals surface area contributed by atoms with Crippen molar-refractivity contribution in [2.75, 3.05) is 7.11 Å². The molecule has 0 saturated heterocycles. The van der Waals surface area contributed by atoms with E-state index >= 15 is 0 Å². The Morgan fingerprint density at radius 1 is 1.42 bits per heavy atom. The molecule has 4 nitrogen and oxygen atoms in total. The molecule has 0 amide bonds. The Labute approximate surface area is 112 Å². The van der Waals surface area contributed by atoms with Crippen LogP contribution in [0.5, 0.6) is 5.75 Å². The number of halogens is 3. The number of hydrogen-bond donors (Lipinski definition) is 0. The molecule has 0 radical (unpaired) electrons.